The second-order valence-electron chi connectivity index (χ2n) is 2.67. The van der Waals surface area contributed by atoms with Gasteiger partial charge < -0.3 is 0 Å². The van der Waals surface area contributed by atoms with Crippen LogP contribution in [0.15, 0.2) is 0 Å². The lowest BCUT2D eigenvalue weighted by Gasteiger charge is -2.09. The van der Waals surface area contributed by atoms with Gasteiger partial charge in [-0.05, 0) is 19.2 Å². The molecule has 0 aromatic rings. The molecule has 0 aliphatic carbocycles. The molecule has 0 aliphatic rings. The van der Waals surface area contributed by atoms with Gasteiger partial charge in [0.2, 0.25) is 10.0 Å². The third kappa shape index (κ3) is 5.85. The van der Waals surface area contributed by atoms with Crippen molar-refractivity contribution < 1.29 is 8.42 Å². The predicted molar refractivity (Wildman–Crippen MR) is 55.1 cm³/mol. The van der Waals surface area contributed by atoms with Crippen LogP contribution in [0.1, 0.15) is 20.3 Å². The molecule has 5 heteroatoms. The van der Waals surface area contributed by atoms with Crippen LogP contribution in [0.5, 0.6) is 0 Å². The zero-order valence-corrected chi connectivity index (χ0v) is 9.46. The Morgan fingerprint density at radius 3 is 2.50 bits per heavy atom. The van der Waals surface area contributed by atoms with Crippen molar-refractivity contribution in [2.24, 2.45) is 0 Å². The highest BCUT2D eigenvalue weighted by Gasteiger charge is 2.12. The van der Waals surface area contributed by atoms with E-state index in [0.29, 0.717) is 0 Å². The Kier molecular flexibility index (Phi) is 5.96. The third-order valence-electron chi connectivity index (χ3n) is 1.37. The molecule has 0 spiro atoms. The van der Waals surface area contributed by atoms with Gasteiger partial charge in [-0.3, -0.25) is 0 Å². The van der Waals surface area contributed by atoms with Crippen LogP contribution in [0.3, 0.4) is 0 Å². The van der Waals surface area contributed by atoms with E-state index in [9.17, 15) is 8.42 Å². The van der Waals surface area contributed by atoms with E-state index >= 15 is 0 Å². The van der Waals surface area contributed by atoms with Crippen LogP contribution in [0.4, 0.5) is 0 Å². The summed E-state index contributed by atoms with van der Waals surface area (Å²) in [5, 5.41) is 0.183. The molecular weight excluding hydrogens is 194 g/mol. The van der Waals surface area contributed by atoms with Gasteiger partial charge >= 0.3 is 0 Å². The van der Waals surface area contributed by atoms with E-state index in [1.54, 1.807) is 11.8 Å². The van der Waals surface area contributed by atoms with Crippen molar-refractivity contribution in [3.05, 3.63) is 0 Å². The average Bonchev–Trinajstić information content (AvgIpc) is 2.00. The van der Waals surface area contributed by atoms with Crippen molar-refractivity contribution in [2.45, 2.75) is 25.5 Å². The minimum absolute atomic E-state index is 0.183. The number of thioether (sulfide) groups is 1. The molecule has 0 rings (SSSR count). The van der Waals surface area contributed by atoms with Crippen LogP contribution < -0.4 is 4.72 Å². The first-order chi connectivity index (χ1) is 5.52. The highest BCUT2D eigenvalue weighted by atomic mass is 32.2. The highest BCUT2D eigenvalue weighted by molar-refractivity contribution is 8.01. The van der Waals surface area contributed by atoms with Gasteiger partial charge in [0.1, 0.15) is 0 Å². The first-order valence-corrected chi connectivity index (χ1v) is 6.74. The maximum absolute atomic E-state index is 11.0. The lowest BCUT2D eigenvalue weighted by molar-refractivity contribution is 0.587. The van der Waals surface area contributed by atoms with Crippen molar-refractivity contribution >= 4 is 21.8 Å². The average molecular weight is 211 g/mol. The van der Waals surface area contributed by atoms with Crippen LogP contribution in [-0.2, 0) is 10.0 Å². The first kappa shape index (κ1) is 12.3. The van der Waals surface area contributed by atoms with Crippen LogP contribution in [0.2, 0.25) is 0 Å². The van der Waals surface area contributed by atoms with Gasteiger partial charge in [-0.15, -0.1) is 0 Å². The van der Waals surface area contributed by atoms with E-state index in [4.69, 9.17) is 0 Å². The second-order valence-corrected chi connectivity index (χ2v) is 6.18. The summed E-state index contributed by atoms with van der Waals surface area (Å²) in [6.07, 6.45) is 1.09. The minimum atomic E-state index is -3.02. The number of sulfonamides is 1. The molecular formula is C7H17NO2S2. The number of rotatable bonds is 6. The quantitative estimate of drug-likeness (QED) is 0.715. The number of hydrogen-bond acceptors (Lipinski definition) is 3. The lowest BCUT2D eigenvalue weighted by atomic mass is 10.6. The molecule has 74 valence electrons. The van der Waals surface area contributed by atoms with Crippen LogP contribution in [-0.4, -0.2) is 32.2 Å². The summed E-state index contributed by atoms with van der Waals surface area (Å²) in [5.41, 5.74) is 0. The Morgan fingerprint density at radius 2 is 2.08 bits per heavy atom. The van der Waals surface area contributed by atoms with E-state index in [1.807, 2.05) is 6.92 Å². The molecule has 0 radical (unpaired) electrons. The van der Waals surface area contributed by atoms with Crippen molar-refractivity contribution in [2.75, 3.05) is 18.6 Å². The zero-order chi connectivity index (χ0) is 9.61. The van der Waals surface area contributed by atoms with Crippen molar-refractivity contribution in [3.63, 3.8) is 0 Å². The lowest BCUT2D eigenvalue weighted by Crippen LogP contribution is -2.26. The topological polar surface area (TPSA) is 46.2 Å². The van der Waals surface area contributed by atoms with E-state index in [1.165, 1.54) is 7.05 Å². The van der Waals surface area contributed by atoms with Gasteiger partial charge in [-0.1, -0.05) is 13.8 Å². The summed E-state index contributed by atoms with van der Waals surface area (Å²) >= 11 is 1.70. The molecule has 0 fully saturated rings. The van der Waals surface area contributed by atoms with E-state index in [2.05, 4.69) is 11.6 Å². The first-order valence-electron chi connectivity index (χ1n) is 4.04. The van der Waals surface area contributed by atoms with Crippen molar-refractivity contribution in [1.29, 1.82) is 0 Å². The SMILES string of the molecule is CCCSC(C)CS(=O)(=O)NC. The molecule has 0 aromatic carbocycles. The maximum atomic E-state index is 11.0. The fourth-order valence-electron chi connectivity index (χ4n) is 0.759. The van der Waals surface area contributed by atoms with Gasteiger partial charge in [0.15, 0.2) is 0 Å². The van der Waals surface area contributed by atoms with Gasteiger partial charge in [0.05, 0.1) is 5.75 Å². The van der Waals surface area contributed by atoms with E-state index in [0.717, 1.165) is 12.2 Å². The monoisotopic (exact) mass is 211 g/mol. The highest BCUT2D eigenvalue weighted by Crippen LogP contribution is 2.12. The van der Waals surface area contributed by atoms with Crippen LogP contribution in [0.25, 0.3) is 0 Å². The normalized spacial score (nSPS) is 14.6. The molecule has 0 bridgehead atoms. The zero-order valence-electron chi connectivity index (χ0n) is 7.83. The molecule has 1 N–H and O–H groups in total. The Bertz CT molecular complexity index is 201. The summed E-state index contributed by atoms with van der Waals surface area (Å²) in [4.78, 5) is 0. The molecule has 12 heavy (non-hydrogen) atoms. The Balaban J connectivity index is 3.76. The molecule has 0 aromatic heterocycles. The molecule has 0 aliphatic heterocycles. The summed E-state index contributed by atoms with van der Waals surface area (Å²) in [5.74, 6) is 1.24. The summed E-state index contributed by atoms with van der Waals surface area (Å²) in [6, 6.07) is 0. The standard InChI is InChI=1S/C7H17NO2S2/c1-4-5-11-7(2)6-12(9,10)8-3/h7-8H,4-6H2,1-3H3. The fourth-order valence-corrected chi connectivity index (χ4v) is 3.10. The summed E-state index contributed by atoms with van der Waals surface area (Å²) < 4.78 is 24.4. The van der Waals surface area contributed by atoms with E-state index in [-0.39, 0.29) is 11.0 Å². The molecule has 0 heterocycles. The smallest absolute Gasteiger partial charge is 0.212 e. The van der Waals surface area contributed by atoms with E-state index < -0.39 is 10.0 Å². The fraction of sp³-hybridized carbons (Fsp3) is 1.00. The van der Waals surface area contributed by atoms with Gasteiger partial charge in [-0.25, -0.2) is 13.1 Å². The maximum Gasteiger partial charge on any atom is 0.212 e. The van der Waals surface area contributed by atoms with Gasteiger partial charge in [-0.2, -0.15) is 11.8 Å². The van der Waals surface area contributed by atoms with Crippen molar-refractivity contribution in [1.82, 2.24) is 4.72 Å². The Hall–Kier alpha value is 0.260. The molecule has 1 atom stereocenters. The number of hydrogen-bond donors (Lipinski definition) is 1. The minimum Gasteiger partial charge on any atom is -0.218 e. The van der Waals surface area contributed by atoms with Gasteiger partial charge in [0.25, 0.3) is 0 Å². The van der Waals surface area contributed by atoms with Crippen LogP contribution >= 0.6 is 11.8 Å². The van der Waals surface area contributed by atoms with Gasteiger partial charge in [0, 0.05) is 5.25 Å². The summed E-state index contributed by atoms with van der Waals surface area (Å²) in [6.45, 7) is 4.03. The summed E-state index contributed by atoms with van der Waals surface area (Å²) in [7, 11) is -1.57. The molecule has 3 nitrogen and oxygen atoms in total. The second kappa shape index (κ2) is 5.83. The molecule has 0 saturated heterocycles. The van der Waals surface area contributed by atoms with Crippen LogP contribution in [0, 0.1) is 0 Å². The Morgan fingerprint density at radius 1 is 1.50 bits per heavy atom. The molecule has 0 saturated carbocycles. The molecule has 1 unspecified atom stereocenters. The third-order valence-corrected chi connectivity index (χ3v) is 4.52. The predicted octanol–water partition coefficient (Wildman–Crippen LogP) is 1.07. The molecule has 0 amide bonds. The Labute approximate surface area is 79.4 Å². The van der Waals surface area contributed by atoms with Crippen molar-refractivity contribution in [3.8, 4) is 0 Å². The largest absolute Gasteiger partial charge is 0.218 e. The number of nitrogens with one attached hydrogen (secondary N) is 1.